The second kappa shape index (κ2) is 6.56. The molecule has 116 valence electrons. The maximum atomic E-state index is 11.9. The minimum absolute atomic E-state index is 0.0135. The minimum Gasteiger partial charge on any atom is -0.347 e. The number of anilines is 1. The number of carbonyl (C=O) groups is 2. The van der Waals surface area contributed by atoms with E-state index in [2.05, 4.69) is 15.6 Å². The molecule has 5 nitrogen and oxygen atoms in total. The Morgan fingerprint density at radius 2 is 1.90 bits per heavy atom. The van der Waals surface area contributed by atoms with Crippen molar-refractivity contribution in [2.24, 2.45) is 5.41 Å². The van der Waals surface area contributed by atoms with Crippen molar-refractivity contribution in [3.8, 4) is 0 Å². The zero-order valence-electron chi connectivity index (χ0n) is 12.9. The Kier molecular flexibility index (Phi) is 4.98. The summed E-state index contributed by atoms with van der Waals surface area (Å²) in [7, 11) is 0. The van der Waals surface area contributed by atoms with Crippen molar-refractivity contribution >= 4 is 28.3 Å². The van der Waals surface area contributed by atoms with Gasteiger partial charge in [0.1, 0.15) is 0 Å². The van der Waals surface area contributed by atoms with E-state index in [9.17, 15) is 9.59 Å². The summed E-state index contributed by atoms with van der Waals surface area (Å²) in [5, 5.41) is 6.07. The summed E-state index contributed by atoms with van der Waals surface area (Å²) in [6.07, 6.45) is 5.69. The number of nitrogens with zero attached hydrogens (tertiary/aromatic N) is 1. The first-order chi connectivity index (χ1) is 9.86. The number of thiazole rings is 1. The number of nitrogens with one attached hydrogen (secondary N) is 2. The van der Waals surface area contributed by atoms with E-state index in [0.717, 1.165) is 18.5 Å². The zero-order chi connectivity index (χ0) is 15.5. The number of carbonyl (C=O) groups excluding carboxylic acids is 2. The SMILES string of the molecule is CC(C)(C)C(=O)NCC(=O)Nc1nc2c(s1)CCCCC2. The van der Waals surface area contributed by atoms with Crippen LogP contribution in [-0.4, -0.2) is 23.3 Å². The van der Waals surface area contributed by atoms with Crippen molar-refractivity contribution in [2.75, 3.05) is 11.9 Å². The predicted molar refractivity (Wildman–Crippen MR) is 84.5 cm³/mol. The van der Waals surface area contributed by atoms with Crippen molar-refractivity contribution in [2.45, 2.75) is 52.9 Å². The van der Waals surface area contributed by atoms with Gasteiger partial charge in [-0.3, -0.25) is 9.59 Å². The third-order valence-corrected chi connectivity index (χ3v) is 4.51. The highest BCUT2D eigenvalue weighted by atomic mass is 32.1. The largest absolute Gasteiger partial charge is 0.347 e. The molecule has 1 heterocycles. The van der Waals surface area contributed by atoms with Crippen LogP contribution in [0.3, 0.4) is 0 Å². The summed E-state index contributed by atoms with van der Waals surface area (Å²) in [6.45, 7) is 5.44. The molecule has 1 aliphatic rings. The number of rotatable bonds is 3. The lowest BCUT2D eigenvalue weighted by Crippen LogP contribution is -2.39. The smallest absolute Gasteiger partial charge is 0.245 e. The van der Waals surface area contributed by atoms with Gasteiger partial charge in [-0.1, -0.05) is 27.2 Å². The van der Waals surface area contributed by atoms with Gasteiger partial charge in [0.2, 0.25) is 11.8 Å². The number of aromatic nitrogens is 1. The van der Waals surface area contributed by atoms with Gasteiger partial charge in [-0.25, -0.2) is 4.98 Å². The summed E-state index contributed by atoms with van der Waals surface area (Å²) >= 11 is 1.56. The van der Waals surface area contributed by atoms with Crippen LogP contribution in [0.25, 0.3) is 0 Å². The normalized spacial score (nSPS) is 15.0. The topological polar surface area (TPSA) is 71.1 Å². The van der Waals surface area contributed by atoms with Crippen LogP contribution in [0, 0.1) is 5.41 Å². The third kappa shape index (κ3) is 4.52. The maximum Gasteiger partial charge on any atom is 0.245 e. The van der Waals surface area contributed by atoms with Crippen molar-refractivity contribution in [3.05, 3.63) is 10.6 Å². The Bertz CT molecular complexity index is 508. The monoisotopic (exact) mass is 309 g/mol. The molecule has 21 heavy (non-hydrogen) atoms. The second-order valence-corrected chi connectivity index (χ2v) is 7.51. The van der Waals surface area contributed by atoms with Crippen LogP contribution in [0.5, 0.6) is 0 Å². The van der Waals surface area contributed by atoms with Crippen molar-refractivity contribution in [3.63, 3.8) is 0 Å². The first-order valence-corrected chi connectivity index (χ1v) is 8.24. The van der Waals surface area contributed by atoms with Gasteiger partial charge >= 0.3 is 0 Å². The molecule has 0 radical (unpaired) electrons. The van der Waals surface area contributed by atoms with E-state index in [-0.39, 0.29) is 18.4 Å². The van der Waals surface area contributed by atoms with Crippen LogP contribution in [-0.2, 0) is 22.4 Å². The molecule has 2 amide bonds. The summed E-state index contributed by atoms with van der Waals surface area (Å²) in [6, 6.07) is 0. The molecule has 0 saturated carbocycles. The molecule has 0 saturated heterocycles. The molecule has 2 N–H and O–H groups in total. The molecule has 1 aliphatic carbocycles. The fourth-order valence-electron chi connectivity index (χ4n) is 2.17. The third-order valence-electron chi connectivity index (χ3n) is 3.43. The van der Waals surface area contributed by atoms with E-state index in [1.165, 1.54) is 24.1 Å². The van der Waals surface area contributed by atoms with Crippen LogP contribution < -0.4 is 10.6 Å². The van der Waals surface area contributed by atoms with Gasteiger partial charge in [0.05, 0.1) is 12.2 Å². The van der Waals surface area contributed by atoms with Gasteiger partial charge in [0.15, 0.2) is 5.13 Å². The number of hydrogen-bond donors (Lipinski definition) is 2. The van der Waals surface area contributed by atoms with Crippen molar-refractivity contribution in [1.82, 2.24) is 10.3 Å². The summed E-state index contributed by atoms with van der Waals surface area (Å²) < 4.78 is 0. The molecule has 1 aromatic rings. The Balaban J connectivity index is 1.87. The number of fused-ring (bicyclic) bond motifs is 1. The molecule has 0 spiro atoms. The number of amides is 2. The molecule has 0 unspecified atom stereocenters. The molecular formula is C15H23N3O2S. The van der Waals surface area contributed by atoms with Crippen molar-refractivity contribution < 1.29 is 9.59 Å². The number of aryl methyl sites for hydroxylation is 2. The van der Waals surface area contributed by atoms with E-state index in [4.69, 9.17) is 0 Å². The van der Waals surface area contributed by atoms with Gasteiger partial charge in [0, 0.05) is 10.3 Å². The molecule has 0 fully saturated rings. The number of hydrogen-bond acceptors (Lipinski definition) is 4. The Labute approximate surface area is 129 Å². The highest BCUT2D eigenvalue weighted by Crippen LogP contribution is 2.28. The molecular weight excluding hydrogens is 286 g/mol. The second-order valence-electron chi connectivity index (χ2n) is 6.43. The Morgan fingerprint density at radius 3 is 2.62 bits per heavy atom. The first-order valence-electron chi connectivity index (χ1n) is 7.43. The fraction of sp³-hybridized carbons (Fsp3) is 0.667. The average molecular weight is 309 g/mol. The van der Waals surface area contributed by atoms with Gasteiger partial charge in [-0.15, -0.1) is 11.3 Å². The lowest BCUT2D eigenvalue weighted by Gasteiger charge is -2.17. The zero-order valence-corrected chi connectivity index (χ0v) is 13.7. The van der Waals surface area contributed by atoms with Crippen LogP contribution in [0.4, 0.5) is 5.13 Å². The van der Waals surface area contributed by atoms with Crippen LogP contribution in [0.2, 0.25) is 0 Å². The van der Waals surface area contributed by atoms with Crippen LogP contribution in [0.15, 0.2) is 0 Å². The van der Waals surface area contributed by atoms with E-state index in [1.807, 2.05) is 20.8 Å². The first kappa shape index (κ1) is 15.9. The van der Waals surface area contributed by atoms with E-state index in [1.54, 1.807) is 11.3 Å². The molecule has 1 aromatic heterocycles. The summed E-state index contributed by atoms with van der Waals surface area (Å²) in [4.78, 5) is 29.4. The van der Waals surface area contributed by atoms with E-state index >= 15 is 0 Å². The maximum absolute atomic E-state index is 11.9. The quantitative estimate of drug-likeness (QED) is 0.843. The molecule has 0 atom stereocenters. The standard InChI is InChI=1S/C15H23N3O2S/c1-15(2,3)13(20)16-9-12(19)18-14-17-10-7-5-4-6-8-11(10)21-14/h4-9H2,1-3H3,(H,16,20)(H,17,18,19). The Morgan fingerprint density at radius 1 is 1.19 bits per heavy atom. The van der Waals surface area contributed by atoms with Crippen LogP contribution in [0.1, 0.15) is 50.6 Å². The summed E-state index contributed by atoms with van der Waals surface area (Å²) in [5.41, 5.74) is 0.644. The molecule has 6 heteroatoms. The lowest BCUT2D eigenvalue weighted by molar-refractivity contribution is -0.130. The van der Waals surface area contributed by atoms with Gasteiger partial charge < -0.3 is 10.6 Å². The van der Waals surface area contributed by atoms with Crippen LogP contribution >= 0.6 is 11.3 Å². The highest BCUT2D eigenvalue weighted by Gasteiger charge is 2.22. The predicted octanol–water partition coefficient (Wildman–Crippen LogP) is 2.51. The van der Waals surface area contributed by atoms with E-state index in [0.29, 0.717) is 5.13 Å². The molecule has 2 rings (SSSR count). The highest BCUT2D eigenvalue weighted by molar-refractivity contribution is 7.15. The minimum atomic E-state index is -0.487. The molecule has 0 aromatic carbocycles. The average Bonchev–Trinajstić information content (AvgIpc) is 2.63. The van der Waals surface area contributed by atoms with Gasteiger partial charge in [0.25, 0.3) is 0 Å². The van der Waals surface area contributed by atoms with Crippen molar-refractivity contribution in [1.29, 1.82) is 0 Å². The van der Waals surface area contributed by atoms with Gasteiger partial charge in [-0.2, -0.15) is 0 Å². The lowest BCUT2D eigenvalue weighted by atomic mass is 9.96. The Hall–Kier alpha value is -1.43. The van der Waals surface area contributed by atoms with Gasteiger partial charge in [-0.05, 0) is 25.7 Å². The fourth-order valence-corrected chi connectivity index (χ4v) is 3.24. The summed E-state index contributed by atoms with van der Waals surface area (Å²) in [5.74, 6) is -0.357. The molecule has 0 bridgehead atoms. The molecule has 0 aliphatic heterocycles. The van der Waals surface area contributed by atoms with E-state index < -0.39 is 5.41 Å².